The van der Waals surface area contributed by atoms with E-state index in [1.807, 2.05) is 0 Å². The first-order chi connectivity index (χ1) is 8.88. The van der Waals surface area contributed by atoms with E-state index in [1.54, 1.807) is 11.3 Å². The van der Waals surface area contributed by atoms with Crippen molar-refractivity contribution in [1.82, 2.24) is 10.2 Å². The number of carboxylic acids is 1. The van der Waals surface area contributed by atoms with Gasteiger partial charge in [-0.05, 0) is 17.5 Å². The maximum absolute atomic E-state index is 11.2. The molecule has 0 saturated carbocycles. The highest BCUT2D eigenvalue weighted by molar-refractivity contribution is 7.12. The van der Waals surface area contributed by atoms with Crippen LogP contribution in [0.4, 0.5) is 0 Å². The molecule has 0 spiro atoms. The molecule has 2 rings (SSSR count). The maximum atomic E-state index is 11.2. The van der Waals surface area contributed by atoms with Crippen LogP contribution >= 0.6 is 11.3 Å². The number of hydrogen-bond acceptors (Lipinski definition) is 4. The van der Waals surface area contributed by atoms with Gasteiger partial charge >= 0.3 is 5.97 Å². The summed E-state index contributed by atoms with van der Waals surface area (Å²) in [5.74, 6) is -0.736. The average molecular weight is 282 g/mol. The van der Waals surface area contributed by atoms with Gasteiger partial charge in [0.2, 0.25) is 0 Å². The molecule has 106 valence electrons. The summed E-state index contributed by atoms with van der Waals surface area (Å²) in [5.41, 5.74) is 0.165. The fraction of sp³-hybridized carbons (Fsp3) is 0.643. The number of carbonyl (C=O) groups is 1. The van der Waals surface area contributed by atoms with Crippen LogP contribution in [0.15, 0.2) is 12.1 Å². The van der Waals surface area contributed by atoms with Gasteiger partial charge in [-0.2, -0.15) is 0 Å². The zero-order valence-corrected chi connectivity index (χ0v) is 12.6. The lowest BCUT2D eigenvalue weighted by Gasteiger charge is -2.33. The Morgan fingerprint density at radius 2 is 2.26 bits per heavy atom. The molecule has 1 aliphatic rings. The van der Waals surface area contributed by atoms with Crippen LogP contribution in [-0.4, -0.2) is 41.7 Å². The molecule has 1 unspecified atom stereocenters. The molecule has 4 nitrogen and oxygen atoms in total. The van der Waals surface area contributed by atoms with E-state index in [0.717, 1.165) is 19.6 Å². The first-order valence-corrected chi connectivity index (χ1v) is 7.46. The van der Waals surface area contributed by atoms with Crippen LogP contribution in [0, 0.1) is 0 Å². The van der Waals surface area contributed by atoms with E-state index < -0.39 is 12.0 Å². The molecule has 0 aliphatic carbocycles. The van der Waals surface area contributed by atoms with Crippen LogP contribution in [0.1, 0.15) is 30.5 Å². The molecule has 1 aromatic rings. The molecule has 0 amide bonds. The van der Waals surface area contributed by atoms with Crippen molar-refractivity contribution in [3.05, 3.63) is 21.9 Å². The summed E-state index contributed by atoms with van der Waals surface area (Å²) in [6.07, 6.45) is 0. The third kappa shape index (κ3) is 3.55. The number of carboxylic acid groups (broad SMARTS) is 1. The Morgan fingerprint density at radius 3 is 2.84 bits per heavy atom. The lowest BCUT2D eigenvalue weighted by molar-refractivity contribution is -0.144. The van der Waals surface area contributed by atoms with Crippen molar-refractivity contribution in [3.63, 3.8) is 0 Å². The van der Waals surface area contributed by atoms with Gasteiger partial charge in [-0.1, -0.05) is 20.8 Å². The average Bonchev–Trinajstić information content (AvgIpc) is 2.77. The largest absolute Gasteiger partial charge is 0.480 e. The monoisotopic (exact) mass is 282 g/mol. The molecule has 1 fully saturated rings. The van der Waals surface area contributed by atoms with Gasteiger partial charge in [-0.3, -0.25) is 9.69 Å². The fourth-order valence-corrected chi connectivity index (χ4v) is 3.34. The molecule has 1 aliphatic heterocycles. The summed E-state index contributed by atoms with van der Waals surface area (Å²) in [6, 6.07) is 3.89. The SMILES string of the molecule is CC(C)(C)c1ccc(CN2CCNCC2C(=O)O)s1. The van der Waals surface area contributed by atoms with Crippen LogP contribution in [0.25, 0.3) is 0 Å². The zero-order valence-electron chi connectivity index (χ0n) is 11.8. The van der Waals surface area contributed by atoms with Crippen LogP contribution in [0.5, 0.6) is 0 Å². The van der Waals surface area contributed by atoms with Gasteiger partial charge in [-0.25, -0.2) is 0 Å². The van der Waals surface area contributed by atoms with Crippen molar-refractivity contribution >= 4 is 17.3 Å². The van der Waals surface area contributed by atoms with Gasteiger partial charge in [0.25, 0.3) is 0 Å². The molecule has 0 radical (unpaired) electrons. The number of piperazine rings is 1. The lowest BCUT2D eigenvalue weighted by atomic mass is 9.95. The Balaban J connectivity index is 2.07. The molecular weight excluding hydrogens is 260 g/mol. The van der Waals surface area contributed by atoms with Crippen LogP contribution < -0.4 is 5.32 Å². The molecular formula is C14H22N2O2S. The number of nitrogens with zero attached hydrogens (tertiary/aromatic N) is 1. The molecule has 1 aromatic heterocycles. The Morgan fingerprint density at radius 1 is 1.53 bits per heavy atom. The summed E-state index contributed by atoms with van der Waals surface area (Å²) in [4.78, 5) is 15.9. The van der Waals surface area contributed by atoms with Crippen molar-refractivity contribution in [1.29, 1.82) is 0 Å². The Labute approximate surface area is 118 Å². The first-order valence-electron chi connectivity index (χ1n) is 6.64. The van der Waals surface area contributed by atoms with Gasteiger partial charge in [0.05, 0.1) is 0 Å². The van der Waals surface area contributed by atoms with Crippen molar-refractivity contribution in [2.45, 2.75) is 38.8 Å². The fourth-order valence-electron chi connectivity index (χ4n) is 2.25. The summed E-state index contributed by atoms with van der Waals surface area (Å²) in [5, 5.41) is 12.4. The second-order valence-corrected chi connectivity index (χ2v) is 7.21. The van der Waals surface area contributed by atoms with Crippen molar-refractivity contribution in [3.8, 4) is 0 Å². The lowest BCUT2D eigenvalue weighted by Crippen LogP contribution is -2.54. The minimum absolute atomic E-state index is 0.165. The highest BCUT2D eigenvalue weighted by atomic mass is 32.1. The van der Waals surface area contributed by atoms with E-state index in [-0.39, 0.29) is 5.41 Å². The van der Waals surface area contributed by atoms with E-state index in [0.29, 0.717) is 6.54 Å². The van der Waals surface area contributed by atoms with Gasteiger partial charge in [0.1, 0.15) is 6.04 Å². The van der Waals surface area contributed by atoms with E-state index in [2.05, 4.69) is 43.1 Å². The first kappa shape index (κ1) is 14.5. The van der Waals surface area contributed by atoms with Gasteiger partial charge in [-0.15, -0.1) is 11.3 Å². The van der Waals surface area contributed by atoms with Gasteiger partial charge in [0, 0.05) is 35.9 Å². The highest BCUT2D eigenvalue weighted by Gasteiger charge is 2.28. The number of aliphatic carboxylic acids is 1. The number of nitrogens with one attached hydrogen (secondary N) is 1. The second kappa shape index (κ2) is 5.61. The van der Waals surface area contributed by atoms with Gasteiger partial charge in [0.15, 0.2) is 0 Å². The molecule has 1 atom stereocenters. The zero-order chi connectivity index (χ0) is 14.0. The standard InChI is InChI=1S/C14H22N2O2S/c1-14(2,3)12-5-4-10(19-12)9-16-7-6-15-8-11(16)13(17)18/h4-5,11,15H,6-9H2,1-3H3,(H,17,18). The summed E-state index contributed by atoms with van der Waals surface area (Å²) >= 11 is 1.79. The quantitative estimate of drug-likeness (QED) is 0.889. The van der Waals surface area contributed by atoms with Crippen molar-refractivity contribution in [2.75, 3.05) is 19.6 Å². The van der Waals surface area contributed by atoms with E-state index >= 15 is 0 Å². The normalized spacial score (nSPS) is 21.5. The van der Waals surface area contributed by atoms with Crippen molar-refractivity contribution in [2.24, 2.45) is 0 Å². The highest BCUT2D eigenvalue weighted by Crippen LogP contribution is 2.30. The third-order valence-electron chi connectivity index (χ3n) is 3.40. The maximum Gasteiger partial charge on any atom is 0.322 e. The predicted octanol–water partition coefficient (Wildman–Crippen LogP) is 1.90. The molecule has 0 aromatic carbocycles. The summed E-state index contributed by atoms with van der Waals surface area (Å²) < 4.78 is 0. The number of rotatable bonds is 3. The van der Waals surface area contributed by atoms with Crippen LogP contribution in [0.3, 0.4) is 0 Å². The van der Waals surface area contributed by atoms with Gasteiger partial charge < -0.3 is 10.4 Å². The van der Waals surface area contributed by atoms with Crippen LogP contribution in [0.2, 0.25) is 0 Å². The molecule has 5 heteroatoms. The minimum Gasteiger partial charge on any atom is -0.480 e. The van der Waals surface area contributed by atoms with E-state index in [1.165, 1.54) is 9.75 Å². The molecule has 0 bridgehead atoms. The molecule has 1 saturated heterocycles. The molecule has 2 N–H and O–H groups in total. The molecule has 19 heavy (non-hydrogen) atoms. The topological polar surface area (TPSA) is 52.6 Å². The molecule has 2 heterocycles. The number of thiophene rings is 1. The summed E-state index contributed by atoms with van der Waals surface area (Å²) in [7, 11) is 0. The number of hydrogen-bond donors (Lipinski definition) is 2. The smallest absolute Gasteiger partial charge is 0.322 e. The van der Waals surface area contributed by atoms with Crippen LogP contribution in [-0.2, 0) is 16.8 Å². The Bertz CT molecular complexity index is 451. The second-order valence-electron chi connectivity index (χ2n) is 6.04. The van der Waals surface area contributed by atoms with Crippen molar-refractivity contribution < 1.29 is 9.90 Å². The van der Waals surface area contributed by atoms with E-state index in [9.17, 15) is 9.90 Å². The Hall–Kier alpha value is -0.910. The third-order valence-corrected chi connectivity index (χ3v) is 4.89. The predicted molar refractivity (Wildman–Crippen MR) is 77.7 cm³/mol. The Kier molecular flexibility index (Phi) is 4.28. The minimum atomic E-state index is -0.736. The van der Waals surface area contributed by atoms with E-state index in [4.69, 9.17) is 0 Å². The summed E-state index contributed by atoms with van der Waals surface area (Å²) in [6.45, 7) is 9.53.